The Bertz CT molecular complexity index is 711. The van der Waals surface area contributed by atoms with Crippen LogP contribution in [0.3, 0.4) is 0 Å². The lowest BCUT2D eigenvalue weighted by Crippen LogP contribution is -2.41. The molecule has 1 fully saturated rings. The van der Waals surface area contributed by atoms with Crippen LogP contribution in [-0.4, -0.2) is 23.3 Å². The van der Waals surface area contributed by atoms with E-state index in [2.05, 4.69) is 17.1 Å². The molecule has 0 atom stereocenters. The molecule has 3 rings (SSSR count). The van der Waals surface area contributed by atoms with Gasteiger partial charge < -0.3 is 14.3 Å². The summed E-state index contributed by atoms with van der Waals surface area (Å²) in [5.74, 6) is 0. The summed E-state index contributed by atoms with van der Waals surface area (Å²) in [6.45, 7) is 8.18. The number of nitriles is 1. The van der Waals surface area contributed by atoms with Crippen LogP contribution in [0.4, 0.5) is 0 Å². The fourth-order valence-electron chi connectivity index (χ4n) is 2.55. The molecule has 2 heterocycles. The van der Waals surface area contributed by atoms with Crippen LogP contribution in [0.1, 0.15) is 33.3 Å². The Morgan fingerprint density at radius 2 is 1.86 bits per heavy atom. The number of rotatable bonds is 2. The fraction of sp³-hybridized carbons (Fsp3) is 0.438. The SMILES string of the molecule is CC1(C)OB(c2ccc3[nH]cc(CC#N)c3c2)OC1(C)C. The van der Waals surface area contributed by atoms with Crippen LogP contribution >= 0.6 is 0 Å². The van der Waals surface area contributed by atoms with Crippen LogP contribution in [0.15, 0.2) is 24.4 Å². The average molecular weight is 282 g/mol. The summed E-state index contributed by atoms with van der Waals surface area (Å²) in [6.07, 6.45) is 2.29. The lowest BCUT2D eigenvalue weighted by atomic mass is 9.78. The molecule has 1 aromatic carbocycles. The zero-order valence-corrected chi connectivity index (χ0v) is 12.9. The van der Waals surface area contributed by atoms with Crippen molar-refractivity contribution in [3.8, 4) is 6.07 Å². The van der Waals surface area contributed by atoms with E-state index in [-0.39, 0.29) is 18.3 Å². The van der Waals surface area contributed by atoms with Gasteiger partial charge in [0.05, 0.1) is 23.7 Å². The van der Waals surface area contributed by atoms with E-state index in [4.69, 9.17) is 14.6 Å². The van der Waals surface area contributed by atoms with Crippen molar-refractivity contribution < 1.29 is 9.31 Å². The minimum absolute atomic E-state index is 0.347. The molecule has 1 aliphatic rings. The number of hydrogen-bond donors (Lipinski definition) is 1. The third-order valence-electron chi connectivity index (χ3n) is 4.59. The number of nitrogens with zero attached hydrogens (tertiary/aromatic N) is 1. The molecule has 4 nitrogen and oxygen atoms in total. The second-order valence-corrected chi connectivity index (χ2v) is 6.54. The van der Waals surface area contributed by atoms with Crippen molar-refractivity contribution in [2.45, 2.75) is 45.3 Å². The van der Waals surface area contributed by atoms with Gasteiger partial charge >= 0.3 is 7.12 Å². The largest absolute Gasteiger partial charge is 0.494 e. The molecule has 0 amide bonds. The maximum absolute atomic E-state index is 8.90. The van der Waals surface area contributed by atoms with Crippen LogP contribution < -0.4 is 5.46 Å². The zero-order valence-electron chi connectivity index (χ0n) is 12.9. The molecule has 1 saturated heterocycles. The quantitative estimate of drug-likeness (QED) is 0.861. The first-order valence-electron chi connectivity index (χ1n) is 7.16. The second kappa shape index (κ2) is 4.62. The zero-order chi connectivity index (χ0) is 15.3. The van der Waals surface area contributed by atoms with Gasteiger partial charge in [-0.1, -0.05) is 12.1 Å². The first-order valence-corrected chi connectivity index (χ1v) is 7.16. The molecule has 0 radical (unpaired) electrons. The normalized spacial score (nSPS) is 19.9. The van der Waals surface area contributed by atoms with Crippen molar-refractivity contribution >= 4 is 23.5 Å². The van der Waals surface area contributed by atoms with Gasteiger partial charge in [0.15, 0.2) is 0 Å². The minimum atomic E-state index is -0.371. The van der Waals surface area contributed by atoms with E-state index < -0.39 is 0 Å². The van der Waals surface area contributed by atoms with E-state index in [1.165, 1.54) is 0 Å². The molecule has 1 aromatic heterocycles. The van der Waals surface area contributed by atoms with Gasteiger partial charge in [0.25, 0.3) is 0 Å². The molecule has 5 heteroatoms. The lowest BCUT2D eigenvalue weighted by molar-refractivity contribution is 0.00578. The van der Waals surface area contributed by atoms with Crippen molar-refractivity contribution in [1.82, 2.24) is 4.98 Å². The molecule has 108 valence electrons. The summed E-state index contributed by atoms with van der Waals surface area (Å²) in [6, 6.07) is 8.27. The van der Waals surface area contributed by atoms with Crippen LogP contribution in [-0.2, 0) is 15.7 Å². The first-order chi connectivity index (χ1) is 9.84. The summed E-state index contributed by atoms with van der Waals surface area (Å²) in [7, 11) is -0.371. The molecule has 0 bridgehead atoms. The van der Waals surface area contributed by atoms with Crippen molar-refractivity contribution in [3.63, 3.8) is 0 Å². The highest BCUT2D eigenvalue weighted by atomic mass is 16.7. The van der Waals surface area contributed by atoms with E-state index in [1.807, 2.05) is 46.0 Å². The van der Waals surface area contributed by atoms with Crippen molar-refractivity contribution in [1.29, 1.82) is 5.26 Å². The number of benzene rings is 1. The molecule has 1 N–H and O–H groups in total. The summed E-state index contributed by atoms with van der Waals surface area (Å²) in [5.41, 5.74) is 2.33. The molecular weight excluding hydrogens is 263 g/mol. The van der Waals surface area contributed by atoms with Crippen LogP contribution in [0.2, 0.25) is 0 Å². The lowest BCUT2D eigenvalue weighted by Gasteiger charge is -2.32. The van der Waals surface area contributed by atoms with E-state index in [0.717, 1.165) is 21.9 Å². The minimum Gasteiger partial charge on any atom is -0.399 e. The Hall–Kier alpha value is -1.77. The molecule has 0 spiro atoms. The van der Waals surface area contributed by atoms with E-state index >= 15 is 0 Å². The summed E-state index contributed by atoms with van der Waals surface area (Å²) in [5, 5.41) is 9.96. The Morgan fingerprint density at radius 1 is 1.19 bits per heavy atom. The molecule has 1 aliphatic heterocycles. The Labute approximate surface area is 125 Å². The van der Waals surface area contributed by atoms with E-state index in [9.17, 15) is 0 Å². The maximum Gasteiger partial charge on any atom is 0.494 e. The number of hydrogen-bond acceptors (Lipinski definition) is 3. The fourth-order valence-corrected chi connectivity index (χ4v) is 2.55. The van der Waals surface area contributed by atoms with Crippen LogP contribution in [0.5, 0.6) is 0 Å². The van der Waals surface area contributed by atoms with Crippen LogP contribution in [0, 0.1) is 11.3 Å². The number of nitrogens with one attached hydrogen (secondary N) is 1. The van der Waals surface area contributed by atoms with Crippen molar-refractivity contribution in [2.24, 2.45) is 0 Å². The highest BCUT2D eigenvalue weighted by Crippen LogP contribution is 2.36. The molecule has 21 heavy (non-hydrogen) atoms. The number of aromatic nitrogens is 1. The van der Waals surface area contributed by atoms with Gasteiger partial charge in [0, 0.05) is 17.1 Å². The van der Waals surface area contributed by atoms with Gasteiger partial charge in [-0.15, -0.1) is 0 Å². The van der Waals surface area contributed by atoms with Crippen molar-refractivity contribution in [3.05, 3.63) is 30.0 Å². The highest BCUT2D eigenvalue weighted by molar-refractivity contribution is 6.62. The second-order valence-electron chi connectivity index (χ2n) is 6.54. The monoisotopic (exact) mass is 282 g/mol. The first kappa shape index (κ1) is 14.2. The molecular formula is C16H19BN2O2. The molecule has 0 saturated carbocycles. The van der Waals surface area contributed by atoms with Gasteiger partial charge in [0.2, 0.25) is 0 Å². The predicted octanol–water partition coefficient (Wildman–Crippen LogP) is 2.53. The molecule has 0 unspecified atom stereocenters. The summed E-state index contributed by atoms with van der Waals surface area (Å²) >= 11 is 0. The van der Waals surface area contributed by atoms with Gasteiger partial charge in [-0.2, -0.15) is 5.26 Å². The predicted molar refractivity (Wildman–Crippen MR) is 83.3 cm³/mol. The third-order valence-corrected chi connectivity index (χ3v) is 4.59. The van der Waals surface area contributed by atoms with Crippen LogP contribution in [0.25, 0.3) is 10.9 Å². The standard InChI is InChI=1S/C16H19BN2O2/c1-15(2)16(3,4)21-17(20-15)12-5-6-14-13(9-12)11(7-8-18)10-19-14/h5-6,9-10,19H,7H2,1-4H3. The van der Waals surface area contributed by atoms with Gasteiger partial charge in [-0.05, 0) is 44.8 Å². The van der Waals surface area contributed by atoms with Gasteiger partial charge in [0.1, 0.15) is 0 Å². The topological polar surface area (TPSA) is 58.0 Å². The van der Waals surface area contributed by atoms with Crippen molar-refractivity contribution in [2.75, 3.05) is 0 Å². The summed E-state index contributed by atoms with van der Waals surface area (Å²) in [4.78, 5) is 3.19. The smallest absolute Gasteiger partial charge is 0.399 e. The Balaban J connectivity index is 1.99. The Morgan fingerprint density at radius 3 is 2.48 bits per heavy atom. The number of H-pyrrole nitrogens is 1. The summed E-state index contributed by atoms with van der Waals surface area (Å²) < 4.78 is 12.2. The van der Waals surface area contributed by atoms with Gasteiger partial charge in [-0.3, -0.25) is 0 Å². The van der Waals surface area contributed by atoms with E-state index in [1.54, 1.807) is 0 Å². The average Bonchev–Trinajstić information content (AvgIpc) is 2.89. The maximum atomic E-state index is 8.90. The number of aromatic amines is 1. The van der Waals surface area contributed by atoms with Gasteiger partial charge in [-0.25, -0.2) is 0 Å². The third kappa shape index (κ3) is 2.25. The van der Waals surface area contributed by atoms with E-state index in [0.29, 0.717) is 6.42 Å². The molecule has 0 aliphatic carbocycles. The highest BCUT2D eigenvalue weighted by Gasteiger charge is 2.51. The molecule has 2 aromatic rings. The Kier molecular flexibility index (Phi) is 3.12. The number of fused-ring (bicyclic) bond motifs is 1.